The molecule has 1 amide bonds. The van der Waals surface area contributed by atoms with Crippen LogP contribution in [0.25, 0.3) is 0 Å². The van der Waals surface area contributed by atoms with Crippen LogP contribution < -0.4 is 10.6 Å². The molecule has 0 spiro atoms. The third-order valence-corrected chi connectivity index (χ3v) is 4.46. The van der Waals surface area contributed by atoms with Crippen molar-refractivity contribution in [2.75, 3.05) is 5.32 Å². The summed E-state index contributed by atoms with van der Waals surface area (Å²) in [6, 6.07) is 19.8. The number of anilines is 1. The Bertz CT molecular complexity index is 857. The Morgan fingerprint density at radius 3 is 2.69 bits per heavy atom. The van der Waals surface area contributed by atoms with Gasteiger partial charge in [-0.15, -0.1) is 0 Å². The molecule has 5 nitrogen and oxygen atoms in total. The summed E-state index contributed by atoms with van der Waals surface area (Å²) in [4.78, 5) is 12.8. The summed E-state index contributed by atoms with van der Waals surface area (Å²) >= 11 is 0. The maximum Gasteiger partial charge on any atom is 0.247 e. The van der Waals surface area contributed by atoms with Crippen LogP contribution in [0.3, 0.4) is 0 Å². The van der Waals surface area contributed by atoms with Crippen molar-refractivity contribution < 1.29 is 4.79 Å². The van der Waals surface area contributed by atoms with Crippen LogP contribution in [0.2, 0.25) is 0 Å². The highest BCUT2D eigenvalue weighted by molar-refractivity contribution is 5.86. The molecule has 1 atom stereocenters. The highest BCUT2D eigenvalue weighted by atomic mass is 16.2. The topological polar surface area (TPSA) is 59.0 Å². The minimum Gasteiger partial charge on any atom is -0.370 e. The van der Waals surface area contributed by atoms with E-state index in [9.17, 15) is 4.79 Å². The maximum atomic E-state index is 12.8. The quantitative estimate of drug-likeness (QED) is 0.690. The second kappa shape index (κ2) is 7.44. The number of aromatic nitrogens is 2. The number of amides is 1. The van der Waals surface area contributed by atoms with E-state index in [1.54, 1.807) is 6.20 Å². The molecule has 0 bridgehead atoms. The average Bonchev–Trinajstić information content (AvgIpc) is 3.33. The number of rotatable bonds is 7. The van der Waals surface area contributed by atoms with E-state index in [1.807, 2.05) is 59.4 Å². The van der Waals surface area contributed by atoms with Crippen molar-refractivity contribution in [3.05, 3.63) is 84.2 Å². The van der Waals surface area contributed by atoms with Gasteiger partial charge in [-0.3, -0.25) is 9.48 Å². The molecule has 1 aliphatic carbocycles. The molecule has 1 heterocycles. The summed E-state index contributed by atoms with van der Waals surface area (Å²) in [5.74, 6) is 0.0242. The van der Waals surface area contributed by atoms with Gasteiger partial charge in [0.15, 0.2) is 0 Å². The Hall–Kier alpha value is -3.08. The Balaban J connectivity index is 1.54. The van der Waals surface area contributed by atoms with Gasteiger partial charge in [-0.25, -0.2) is 0 Å². The van der Waals surface area contributed by atoms with Crippen LogP contribution in [0.15, 0.2) is 73.1 Å². The lowest BCUT2D eigenvalue weighted by Gasteiger charge is -2.20. The highest BCUT2D eigenvalue weighted by Crippen LogP contribution is 2.24. The number of hydrogen-bond donors (Lipinski definition) is 2. The van der Waals surface area contributed by atoms with Crippen molar-refractivity contribution in [1.82, 2.24) is 15.1 Å². The van der Waals surface area contributed by atoms with Gasteiger partial charge in [-0.1, -0.05) is 42.5 Å². The third-order valence-electron chi connectivity index (χ3n) is 4.46. The molecule has 1 aromatic heterocycles. The van der Waals surface area contributed by atoms with E-state index in [-0.39, 0.29) is 5.91 Å². The Kier molecular flexibility index (Phi) is 4.69. The molecule has 2 aromatic carbocycles. The van der Waals surface area contributed by atoms with E-state index in [0.29, 0.717) is 12.6 Å². The monoisotopic (exact) mass is 346 g/mol. The second-order valence-corrected chi connectivity index (χ2v) is 6.67. The van der Waals surface area contributed by atoms with Crippen molar-refractivity contribution in [2.45, 2.75) is 31.5 Å². The molecule has 5 heteroatoms. The summed E-state index contributed by atoms with van der Waals surface area (Å²) in [6.07, 6.45) is 5.87. The van der Waals surface area contributed by atoms with E-state index in [2.05, 4.69) is 27.9 Å². The molecule has 2 N–H and O–H groups in total. The van der Waals surface area contributed by atoms with Gasteiger partial charge >= 0.3 is 0 Å². The lowest BCUT2D eigenvalue weighted by atomic mass is 10.1. The van der Waals surface area contributed by atoms with E-state index in [0.717, 1.165) is 29.7 Å². The highest BCUT2D eigenvalue weighted by Gasteiger charge is 2.28. The first-order valence-corrected chi connectivity index (χ1v) is 8.96. The summed E-state index contributed by atoms with van der Waals surface area (Å²) < 4.78 is 1.88. The maximum absolute atomic E-state index is 12.8. The smallest absolute Gasteiger partial charge is 0.247 e. The summed E-state index contributed by atoms with van der Waals surface area (Å²) in [5, 5.41) is 10.8. The Morgan fingerprint density at radius 1 is 1.12 bits per heavy atom. The predicted octanol–water partition coefficient (Wildman–Crippen LogP) is 3.36. The third kappa shape index (κ3) is 4.11. The fourth-order valence-electron chi connectivity index (χ4n) is 2.97. The van der Waals surface area contributed by atoms with Gasteiger partial charge < -0.3 is 10.6 Å². The van der Waals surface area contributed by atoms with E-state index in [1.165, 1.54) is 0 Å². The molecular formula is C21H22N4O. The van der Waals surface area contributed by atoms with Gasteiger partial charge in [0.1, 0.15) is 6.04 Å². The van der Waals surface area contributed by atoms with Gasteiger partial charge in [0.2, 0.25) is 5.91 Å². The summed E-state index contributed by atoms with van der Waals surface area (Å²) in [7, 11) is 0. The molecular weight excluding hydrogens is 324 g/mol. The molecule has 1 fully saturated rings. The normalized spacial score (nSPS) is 14.6. The zero-order valence-corrected chi connectivity index (χ0v) is 14.5. The van der Waals surface area contributed by atoms with Crippen LogP contribution in [0, 0.1) is 0 Å². The Labute approximate surface area is 153 Å². The molecule has 1 unspecified atom stereocenters. The van der Waals surface area contributed by atoms with Crippen molar-refractivity contribution in [2.24, 2.45) is 0 Å². The van der Waals surface area contributed by atoms with Crippen LogP contribution in [0.1, 0.15) is 30.0 Å². The van der Waals surface area contributed by atoms with Crippen molar-refractivity contribution in [3.63, 3.8) is 0 Å². The van der Waals surface area contributed by atoms with Crippen LogP contribution in [-0.4, -0.2) is 21.7 Å². The fourth-order valence-corrected chi connectivity index (χ4v) is 2.97. The molecule has 4 rings (SSSR count). The lowest BCUT2D eigenvalue weighted by molar-refractivity contribution is -0.122. The standard InChI is InChI=1S/C21H22N4O/c26-21(24-18-10-11-18)20(17-7-2-1-3-8-17)23-19-9-4-6-16(14-19)15-25-13-5-12-22-25/h1-9,12-14,18,20,23H,10-11,15H2,(H,24,26). The minimum atomic E-state index is -0.406. The van der Waals surface area contributed by atoms with Crippen molar-refractivity contribution in [3.8, 4) is 0 Å². The number of hydrogen-bond acceptors (Lipinski definition) is 3. The molecule has 26 heavy (non-hydrogen) atoms. The van der Waals surface area contributed by atoms with E-state index < -0.39 is 6.04 Å². The van der Waals surface area contributed by atoms with Crippen LogP contribution in [0.5, 0.6) is 0 Å². The van der Waals surface area contributed by atoms with Crippen molar-refractivity contribution in [1.29, 1.82) is 0 Å². The molecule has 0 aliphatic heterocycles. The minimum absolute atomic E-state index is 0.0242. The molecule has 1 aliphatic rings. The number of benzene rings is 2. The van der Waals surface area contributed by atoms with E-state index in [4.69, 9.17) is 0 Å². The van der Waals surface area contributed by atoms with E-state index >= 15 is 0 Å². The van der Waals surface area contributed by atoms with Crippen molar-refractivity contribution >= 4 is 11.6 Å². The SMILES string of the molecule is O=C(NC1CC1)C(Nc1cccc(Cn2cccn2)c1)c1ccccc1. The number of nitrogens with zero attached hydrogens (tertiary/aromatic N) is 2. The van der Waals surface area contributed by atoms with Gasteiger partial charge in [0.25, 0.3) is 0 Å². The summed E-state index contributed by atoms with van der Waals surface area (Å²) in [5.41, 5.74) is 3.02. The van der Waals surface area contributed by atoms with Crippen LogP contribution >= 0.6 is 0 Å². The fraction of sp³-hybridized carbons (Fsp3) is 0.238. The summed E-state index contributed by atoms with van der Waals surface area (Å²) in [6.45, 7) is 0.701. The zero-order chi connectivity index (χ0) is 17.8. The average molecular weight is 346 g/mol. The predicted molar refractivity (Wildman–Crippen MR) is 102 cm³/mol. The van der Waals surface area contributed by atoms with Gasteiger partial charge in [0.05, 0.1) is 6.54 Å². The first-order chi connectivity index (χ1) is 12.8. The first-order valence-electron chi connectivity index (χ1n) is 8.96. The Morgan fingerprint density at radius 2 is 1.96 bits per heavy atom. The van der Waals surface area contributed by atoms with Crippen LogP contribution in [-0.2, 0) is 11.3 Å². The molecule has 0 radical (unpaired) electrons. The van der Waals surface area contributed by atoms with Gasteiger partial charge in [-0.05, 0) is 42.2 Å². The van der Waals surface area contributed by atoms with Gasteiger partial charge in [0, 0.05) is 24.1 Å². The lowest BCUT2D eigenvalue weighted by Crippen LogP contribution is -2.34. The number of nitrogens with one attached hydrogen (secondary N) is 2. The molecule has 3 aromatic rings. The largest absolute Gasteiger partial charge is 0.370 e. The molecule has 132 valence electrons. The molecule has 0 saturated heterocycles. The number of carbonyl (C=O) groups is 1. The van der Waals surface area contributed by atoms with Crippen LogP contribution in [0.4, 0.5) is 5.69 Å². The first kappa shape index (κ1) is 16.4. The second-order valence-electron chi connectivity index (χ2n) is 6.67. The number of carbonyl (C=O) groups excluding carboxylic acids is 1. The molecule has 1 saturated carbocycles. The van der Waals surface area contributed by atoms with Gasteiger partial charge in [-0.2, -0.15) is 5.10 Å². The zero-order valence-electron chi connectivity index (χ0n) is 14.5.